The van der Waals surface area contributed by atoms with Gasteiger partial charge in [-0.25, -0.2) is 0 Å². The van der Waals surface area contributed by atoms with Crippen LogP contribution in [0, 0.1) is 0 Å². The van der Waals surface area contributed by atoms with Gasteiger partial charge in [-0.1, -0.05) is 12.1 Å². The number of pyridine rings is 1. The quantitative estimate of drug-likeness (QED) is 0.908. The molecule has 1 aliphatic rings. The third kappa shape index (κ3) is 3.90. The highest BCUT2D eigenvalue weighted by Gasteiger charge is 2.16. The molecule has 6 heteroatoms. The van der Waals surface area contributed by atoms with Crippen molar-refractivity contribution in [3.63, 3.8) is 0 Å². The van der Waals surface area contributed by atoms with Gasteiger partial charge < -0.3 is 19.5 Å². The summed E-state index contributed by atoms with van der Waals surface area (Å²) >= 11 is 0. The molecule has 24 heavy (non-hydrogen) atoms. The zero-order chi connectivity index (χ0) is 16.8. The molecule has 1 aliphatic heterocycles. The van der Waals surface area contributed by atoms with Crippen LogP contribution in [0.15, 0.2) is 42.7 Å². The number of aromatic nitrogens is 1. The number of benzene rings is 1. The summed E-state index contributed by atoms with van der Waals surface area (Å²) in [6.07, 6.45) is 3.30. The smallest absolute Gasteiger partial charge is 0.251 e. The van der Waals surface area contributed by atoms with Crippen LogP contribution in [-0.4, -0.2) is 50.5 Å². The predicted octanol–water partition coefficient (Wildman–Crippen LogP) is 1.90. The van der Waals surface area contributed by atoms with Crippen molar-refractivity contribution in [1.82, 2.24) is 10.3 Å². The summed E-state index contributed by atoms with van der Waals surface area (Å²) < 4.78 is 16.1. The van der Waals surface area contributed by atoms with Gasteiger partial charge in [0, 0.05) is 23.9 Å². The van der Waals surface area contributed by atoms with Crippen molar-refractivity contribution in [3.05, 3.63) is 48.3 Å². The molecule has 0 bridgehead atoms. The predicted molar refractivity (Wildman–Crippen MR) is 89.1 cm³/mol. The number of carbonyl (C=O) groups is 1. The average molecular weight is 328 g/mol. The SMILES string of the molecule is COc1cnccc1-c1ccc(C(=O)NCC2COCCO2)cc1. The lowest BCUT2D eigenvalue weighted by molar-refractivity contribution is -0.0855. The van der Waals surface area contributed by atoms with Crippen LogP contribution in [-0.2, 0) is 9.47 Å². The van der Waals surface area contributed by atoms with E-state index in [2.05, 4.69) is 10.3 Å². The number of hydrogen-bond donors (Lipinski definition) is 1. The monoisotopic (exact) mass is 328 g/mol. The minimum absolute atomic E-state index is 0.0805. The van der Waals surface area contributed by atoms with Crippen molar-refractivity contribution in [3.8, 4) is 16.9 Å². The number of nitrogens with one attached hydrogen (secondary N) is 1. The summed E-state index contributed by atoms with van der Waals surface area (Å²) in [5.74, 6) is 0.571. The van der Waals surface area contributed by atoms with Crippen LogP contribution in [0.5, 0.6) is 5.75 Å². The standard InChI is InChI=1S/C18H20N2O4/c1-22-17-11-19-7-6-16(17)13-2-4-14(5-3-13)18(21)20-10-15-12-23-8-9-24-15/h2-7,11,15H,8-10,12H2,1H3,(H,20,21). The summed E-state index contributed by atoms with van der Waals surface area (Å²) in [6, 6.07) is 9.26. The fourth-order valence-electron chi connectivity index (χ4n) is 2.55. The highest BCUT2D eigenvalue weighted by Crippen LogP contribution is 2.28. The zero-order valence-electron chi connectivity index (χ0n) is 13.5. The van der Waals surface area contributed by atoms with Crippen LogP contribution in [0.1, 0.15) is 10.4 Å². The number of carbonyl (C=O) groups excluding carboxylic acids is 1. The summed E-state index contributed by atoms with van der Waals surface area (Å²) in [5.41, 5.74) is 2.51. The minimum Gasteiger partial charge on any atom is -0.494 e. The van der Waals surface area contributed by atoms with Crippen molar-refractivity contribution in [2.24, 2.45) is 0 Å². The maximum atomic E-state index is 12.2. The average Bonchev–Trinajstić information content (AvgIpc) is 2.67. The molecule has 1 aromatic carbocycles. The second kappa shape index (κ2) is 7.90. The molecule has 1 unspecified atom stereocenters. The molecule has 6 nitrogen and oxygen atoms in total. The van der Waals surface area contributed by atoms with Crippen molar-refractivity contribution in [1.29, 1.82) is 0 Å². The van der Waals surface area contributed by atoms with Crippen LogP contribution in [0.25, 0.3) is 11.1 Å². The second-order valence-corrected chi connectivity index (χ2v) is 5.43. The van der Waals surface area contributed by atoms with Gasteiger partial charge in [0.2, 0.25) is 0 Å². The van der Waals surface area contributed by atoms with Gasteiger partial charge in [0.25, 0.3) is 5.91 Å². The van der Waals surface area contributed by atoms with E-state index in [0.29, 0.717) is 37.7 Å². The molecule has 1 aromatic heterocycles. The van der Waals surface area contributed by atoms with Gasteiger partial charge in [-0.2, -0.15) is 0 Å². The summed E-state index contributed by atoms with van der Waals surface area (Å²) in [6.45, 7) is 2.15. The van der Waals surface area contributed by atoms with Crippen LogP contribution in [0.2, 0.25) is 0 Å². The fraction of sp³-hybridized carbons (Fsp3) is 0.333. The second-order valence-electron chi connectivity index (χ2n) is 5.43. The number of nitrogens with zero attached hydrogens (tertiary/aromatic N) is 1. The van der Waals surface area contributed by atoms with Crippen LogP contribution < -0.4 is 10.1 Å². The van der Waals surface area contributed by atoms with E-state index >= 15 is 0 Å². The molecule has 1 N–H and O–H groups in total. The van der Waals surface area contributed by atoms with E-state index in [9.17, 15) is 4.79 Å². The summed E-state index contributed by atoms with van der Waals surface area (Å²) in [5, 5.41) is 2.87. The maximum Gasteiger partial charge on any atom is 0.251 e. The lowest BCUT2D eigenvalue weighted by atomic mass is 10.0. The van der Waals surface area contributed by atoms with Gasteiger partial charge in [-0.05, 0) is 23.8 Å². The van der Waals surface area contributed by atoms with Crippen molar-refractivity contribution in [2.75, 3.05) is 33.5 Å². The molecule has 126 valence electrons. The van der Waals surface area contributed by atoms with Crippen molar-refractivity contribution in [2.45, 2.75) is 6.10 Å². The molecule has 0 saturated carbocycles. The van der Waals surface area contributed by atoms with Gasteiger partial charge >= 0.3 is 0 Å². The van der Waals surface area contributed by atoms with E-state index in [0.717, 1.165) is 11.1 Å². The molecule has 0 spiro atoms. The first-order valence-corrected chi connectivity index (χ1v) is 7.84. The number of amides is 1. The molecule has 3 rings (SSSR count). The van der Waals surface area contributed by atoms with E-state index in [1.165, 1.54) is 0 Å². The van der Waals surface area contributed by atoms with Crippen LogP contribution >= 0.6 is 0 Å². The summed E-state index contributed by atoms with van der Waals surface area (Å²) in [4.78, 5) is 16.3. The highest BCUT2D eigenvalue weighted by molar-refractivity contribution is 5.94. The number of hydrogen-bond acceptors (Lipinski definition) is 5. The molecule has 1 amide bonds. The molecular weight excluding hydrogens is 308 g/mol. The third-order valence-electron chi connectivity index (χ3n) is 3.84. The first-order valence-electron chi connectivity index (χ1n) is 7.84. The van der Waals surface area contributed by atoms with Gasteiger partial charge in [0.15, 0.2) is 0 Å². The van der Waals surface area contributed by atoms with Gasteiger partial charge in [-0.15, -0.1) is 0 Å². The highest BCUT2D eigenvalue weighted by atomic mass is 16.6. The molecule has 0 aliphatic carbocycles. The van der Waals surface area contributed by atoms with Gasteiger partial charge in [0.1, 0.15) is 5.75 Å². The van der Waals surface area contributed by atoms with Gasteiger partial charge in [0.05, 0.1) is 39.2 Å². The Morgan fingerprint density at radius 2 is 2.12 bits per heavy atom. The Balaban J connectivity index is 1.64. The molecule has 0 radical (unpaired) electrons. The zero-order valence-corrected chi connectivity index (χ0v) is 13.5. The molecule has 2 heterocycles. The normalized spacial score (nSPS) is 17.3. The van der Waals surface area contributed by atoms with Crippen LogP contribution in [0.3, 0.4) is 0 Å². The Hall–Kier alpha value is -2.44. The van der Waals surface area contributed by atoms with E-state index in [1.807, 2.05) is 18.2 Å². The lowest BCUT2D eigenvalue weighted by Crippen LogP contribution is -2.39. The Morgan fingerprint density at radius 3 is 2.83 bits per heavy atom. The maximum absolute atomic E-state index is 12.2. The van der Waals surface area contributed by atoms with E-state index in [-0.39, 0.29) is 12.0 Å². The molecule has 1 atom stereocenters. The topological polar surface area (TPSA) is 69.7 Å². The van der Waals surface area contributed by atoms with E-state index in [4.69, 9.17) is 14.2 Å². The lowest BCUT2D eigenvalue weighted by Gasteiger charge is -2.23. The molecular formula is C18H20N2O4. The minimum atomic E-state index is -0.127. The van der Waals surface area contributed by atoms with Gasteiger partial charge in [-0.3, -0.25) is 9.78 Å². The Morgan fingerprint density at radius 1 is 1.29 bits per heavy atom. The molecule has 1 saturated heterocycles. The number of ether oxygens (including phenoxy) is 3. The Labute approximate surface area is 140 Å². The Kier molecular flexibility index (Phi) is 5.40. The van der Waals surface area contributed by atoms with E-state index in [1.54, 1.807) is 31.6 Å². The van der Waals surface area contributed by atoms with E-state index < -0.39 is 0 Å². The Bertz CT molecular complexity index is 682. The first-order chi connectivity index (χ1) is 11.8. The largest absolute Gasteiger partial charge is 0.494 e. The fourth-order valence-corrected chi connectivity index (χ4v) is 2.55. The molecule has 1 fully saturated rings. The van der Waals surface area contributed by atoms with Crippen LogP contribution in [0.4, 0.5) is 0 Å². The van der Waals surface area contributed by atoms with Crippen molar-refractivity contribution < 1.29 is 19.0 Å². The summed E-state index contributed by atoms with van der Waals surface area (Å²) in [7, 11) is 1.61. The molecule has 2 aromatic rings. The van der Waals surface area contributed by atoms with Crippen molar-refractivity contribution >= 4 is 5.91 Å². The number of rotatable bonds is 5. The third-order valence-corrected chi connectivity index (χ3v) is 3.84. The number of methoxy groups -OCH3 is 1. The first kappa shape index (κ1) is 16.4.